The van der Waals surface area contributed by atoms with Crippen molar-refractivity contribution >= 4 is 52.9 Å². The summed E-state index contributed by atoms with van der Waals surface area (Å²) < 4.78 is 13.8. The third-order valence-electron chi connectivity index (χ3n) is 13.7. The van der Waals surface area contributed by atoms with Crippen molar-refractivity contribution in [1.82, 2.24) is 45.2 Å². The van der Waals surface area contributed by atoms with Gasteiger partial charge in [-0.3, -0.25) is 43.6 Å². The number of piperidine rings is 2. The zero-order chi connectivity index (χ0) is 46.8. The monoisotopic (exact) mass is 915 g/mol. The zero-order valence-electron chi connectivity index (χ0n) is 38.2. The number of carbonyl (C=O) groups is 6. The summed E-state index contributed by atoms with van der Waals surface area (Å²) in [4.78, 5) is 92.1. The number of benzene rings is 2. The lowest BCUT2D eigenvalue weighted by atomic mass is 9.88. The molecule has 3 fully saturated rings. The minimum Gasteiger partial charge on any atom is -0.495 e. The van der Waals surface area contributed by atoms with E-state index in [1.807, 2.05) is 18.0 Å². The molecule has 19 heteroatoms. The minimum atomic E-state index is -1.06. The van der Waals surface area contributed by atoms with E-state index in [4.69, 9.17) is 19.4 Å². The first-order chi connectivity index (χ1) is 32.5. The van der Waals surface area contributed by atoms with Gasteiger partial charge in [0.25, 0.3) is 17.7 Å². The number of fused-ring (bicyclic) bond motifs is 4. The Bertz CT molecular complexity index is 2580. The van der Waals surface area contributed by atoms with E-state index in [9.17, 15) is 28.8 Å². The van der Waals surface area contributed by atoms with Crippen molar-refractivity contribution < 1.29 is 38.2 Å². The Kier molecular flexibility index (Phi) is 13.2. The van der Waals surface area contributed by atoms with Crippen molar-refractivity contribution in [2.45, 2.75) is 115 Å². The van der Waals surface area contributed by atoms with Crippen molar-refractivity contribution in [2.75, 3.05) is 43.6 Å². The van der Waals surface area contributed by atoms with Crippen molar-refractivity contribution in [3.63, 3.8) is 0 Å². The van der Waals surface area contributed by atoms with E-state index in [1.54, 1.807) is 37.4 Å². The highest BCUT2D eigenvalue weighted by atomic mass is 16.5. The number of hydrogen-bond donors (Lipinski definition) is 3. The molecule has 5 aliphatic rings. The van der Waals surface area contributed by atoms with Gasteiger partial charge >= 0.3 is 0 Å². The average Bonchev–Trinajstić information content (AvgIpc) is 3.84. The molecule has 6 amide bonds. The van der Waals surface area contributed by atoms with Crippen LogP contribution in [-0.2, 0) is 14.4 Å². The Morgan fingerprint density at radius 3 is 2.49 bits per heavy atom. The standard InChI is InChI=1S/C48H57N11O8/c1-4-34-43-55-54-28(2)58(43)36-26-49-48(53-42(36)57(34)27-29-11-6-5-7-12-29)51-33-17-16-30(25-38(33)66-3)44(62)50-31-20-22-56(23-21-31)40(61)15-8-9-24-67-37-14-10-13-32-41(37)47(65)59(46(32)64)35-18-19-39(60)52-45(35)63/h10,13-14,16-17,25-26,29,31,34-35H,4-9,11-12,15,18-24,27H2,1-3H3,(H,50,62)(H,49,51,53)(H,52,60,63). The quantitative estimate of drug-likeness (QED) is 0.101. The molecule has 2 saturated heterocycles. The molecule has 9 rings (SSSR count). The number of amides is 6. The predicted octanol–water partition coefficient (Wildman–Crippen LogP) is 5.34. The van der Waals surface area contributed by atoms with E-state index in [2.05, 4.69) is 42.5 Å². The second-order valence-electron chi connectivity index (χ2n) is 18.0. The molecule has 0 bridgehead atoms. The SMILES string of the molecule is CCC1c2nnc(C)n2-c2cnc(Nc3ccc(C(=O)NC4CCN(C(=O)CCCCOc5cccc6c5C(=O)N(C5CCC(=O)NC5=O)C6=O)CC4)cc3OC)nc2N1CC1CCCCC1. The van der Waals surface area contributed by atoms with Gasteiger partial charge in [-0.2, -0.15) is 4.98 Å². The second kappa shape index (κ2) is 19.5. The predicted molar refractivity (Wildman–Crippen MR) is 244 cm³/mol. The smallest absolute Gasteiger partial charge is 0.266 e. The normalized spacial score (nSPS) is 19.7. The van der Waals surface area contributed by atoms with Gasteiger partial charge in [0.05, 0.1) is 42.8 Å². The third-order valence-corrected chi connectivity index (χ3v) is 13.7. The van der Waals surface area contributed by atoms with E-state index in [-0.39, 0.29) is 60.2 Å². The molecular weight excluding hydrogens is 859 g/mol. The number of nitrogens with one attached hydrogen (secondary N) is 3. The highest BCUT2D eigenvalue weighted by Gasteiger charge is 2.46. The average molecular weight is 916 g/mol. The molecular formula is C48H57N11O8. The van der Waals surface area contributed by atoms with Crippen LogP contribution in [0.15, 0.2) is 42.6 Å². The number of imide groups is 2. The number of aromatic nitrogens is 5. The molecule has 0 radical (unpaired) electrons. The van der Waals surface area contributed by atoms with Crippen LogP contribution in [0.25, 0.3) is 5.69 Å². The molecule has 3 N–H and O–H groups in total. The molecule has 67 heavy (non-hydrogen) atoms. The molecule has 2 aromatic heterocycles. The fraction of sp³-hybridized carbons (Fsp3) is 0.500. The highest BCUT2D eigenvalue weighted by molar-refractivity contribution is 6.24. The van der Waals surface area contributed by atoms with Crippen LogP contribution in [0, 0.1) is 12.8 Å². The van der Waals surface area contributed by atoms with E-state index < -0.39 is 29.7 Å². The van der Waals surface area contributed by atoms with Gasteiger partial charge in [-0.25, -0.2) is 4.98 Å². The Balaban J connectivity index is 0.751. The number of methoxy groups -OCH3 is 1. The lowest BCUT2D eigenvalue weighted by Gasteiger charge is -2.39. The number of unbranched alkanes of at least 4 members (excludes halogenated alkanes) is 1. The van der Waals surface area contributed by atoms with Crippen molar-refractivity contribution in [1.29, 1.82) is 0 Å². The third kappa shape index (κ3) is 9.15. The topological polar surface area (TPSA) is 223 Å². The van der Waals surface area contributed by atoms with Crippen molar-refractivity contribution in [3.05, 3.63) is 70.9 Å². The summed E-state index contributed by atoms with van der Waals surface area (Å²) >= 11 is 0. The number of ether oxygens (including phenoxy) is 2. The van der Waals surface area contributed by atoms with Gasteiger partial charge in [0.2, 0.25) is 23.7 Å². The largest absolute Gasteiger partial charge is 0.495 e. The molecule has 2 unspecified atom stereocenters. The molecule has 2 aromatic carbocycles. The van der Waals surface area contributed by atoms with Gasteiger partial charge in [0, 0.05) is 44.1 Å². The summed E-state index contributed by atoms with van der Waals surface area (Å²) in [6.45, 7) is 6.25. The van der Waals surface area contributed by atoms with Gasteiger partial charge in [-0.05, 0) is 94.5 Å². The summed E-state index contributed by atoms with van der Waals surface area (Å²) in [7, 11) is 1.56. The van der Waals surface area contributed by atoms with Crippen LogP contribution in [0.3, 0.4) is 0 Å². The molecule has 6 heterocycles. The number of carbonyl (C=O) groups excluding carboxylic acids is 6. The number of nitrogens with zero attached hydrogens (tertiary/aromatic N) is 8. The zero-order valence-corrected chi connectivity index (χ0v) is 38.2. The van der Waals surface area contributed by atoms with Crippen molar-refractivity contribution in [2.24, 2.45) is 5.92 Å². The number of rotatable bonds is 15. The lowest BCUT2D eigenvalue weighted by molar-refractivity contribution is -0.136. The molecule has 19 nitrogen and oxygen atoms in total. The fourth-order valence-corrected chi connectivity index (χ4v) is 10.2. The number of likely N-dealkylation sites (tertiary alicyclic amines) is 1. The second-order valence-corrected chi connectivity index (χ2v) is 18.0. The van der Waals surface area contributed by atoms with Crippen molar-refractivity contribution in [3.8, 4) is 17.2 Å². The van der Waals surface area contributed by atoms with Gasteiger partial charge in [-0.1, -0.05) is 32.3 Å². The molecule has 352 valence electrons. The molecule has 1 aliphatic carbocycles. The summed E-state index contributed by atoms with van der Waals surface area (Å²) in [5.74, 6) is 1.68. The van der Waals surface area contributed by atoms with Gasteiger partial charge in [0.1, 0.15) is 29.1 Å². The number of hydrogen-bond acceptors (Lipinski definition) is 14. The summed E-state index contributed by atoms with van der Waals surface area (Å²) in [6.07, 6.45) is 11.6. The molecule has 2 atom stereocenters. The minimum absolute atomic E-state index is 0.0162. The first kappa shape index (κ1) is 45.2. The van der Waals surface area contributed by atoms with Crippen LogP contribution in [0.1, 0.15) is 139 Å². The van der Waals surface area contributed by atoms with Crippen LogP contribution in [0.4, 0.5) is 17.5 Å². The Labute approximate surface area is 388 Å². The maximum atomic E-state index is 13.5. The molecule has 0 spiro atoms. The van der Waals surface area contributed by atoms with Gasteiger partial charge in [0.15, 0.2) is 11.6 Å². The molecule has 4 aliphatic heterocycles. The Morgan fingerprint density at radius 1 is 0.925 bits per heavy atom. The van der Waals surface area contributed by atoms with Gasteiger partial charge in [-0.15, -0.1) is 10.2 Å². The van der Waals surface area contributed by atoms with E-state index in [0.29, 0.717) is 74.1 Å². The van der Waals surface area contributed by atoms with E-state index in [0.717, 1.165) is 41.0 Å². The lowest BCUT2D eigenvalue weighted by Crippen LogP contribution is -2.54. The Hall–Kier alpha value is -6.92. The van der Waals surface area contributed by atoms with Crippen LogP contribution < -0.4 is 30.3 Å². The number of aryl methyl sites for hydroxylation is 1. The maximum absolute atomic E-state index is 13.5. The number of anilines is 3. The highest BCUT2D eigenvalue weighted by Crippen LogP contribution is 2.41. The van der Waals surface area contributed by atoms with Crippen LogP contribution >= 0.6 is 0 Å². The van der Waals surface area contributed by atoms with E-state index in [1.165, 1.54) is 38.2 Å². The maximum Gasteiger partial charge on any atom is 0.266 e. The fourth-order valence-electron chi connectivity index (χ4n) is 10.2. The van der Waals surface area contributed by atoms with Crippen LogP contribution in [0.5, 0.6) is 11.5 Å². The van der Waals surface area contributed by atoms with Crippen LogP contribution in [-0.4, -0.2) is 115 Å². The van der Waals surface area contributed by atoms with Crippen LogP contribution in [0.2, 0.25) is 0 Å². The summed E-state index contributed by atoms with van der Waals surface area (Å²) in [5, 5.41) is 17.7. The first-order valence-corrected chi connectivity index (χ1v) is 23.6. The first-order valence-electron chi connectivity index (χ1n) is 23.6. The summed E-state index contributed by atoms with van der Waals surface area (Å²) in [6, 6.07) is 8.84. The summed E-state index contributed by atoms with van der Waals surface area (Å²) in [5.41, 5.74) is 2.16. The van der Waals surface area contributed by atoms with E-state index >= 15 is 0 Å². The van der Waals surface area contributed by atoms with Gasteiger partial charge < -0.3 is 29.9 Å². The molecule has 1 saturated carbocycles. The Morgan fingerprint density at radius 2 is 1.73 bits per heavy atom. The molecule has 4 aromatic rings.